The molecule has 1 atom stereocenters. The molecule has 4 nitrogen and oxygen atoms in total. The van der Waals surface area contributed by atoms with Gasteiger partial charge in [0.05, 0.1) is 0 Å². The maximum absolute atomic E-state index is 12.2. The molecule has 0 bridgehead atoms. The van der Waals surface area contributed by atoms with Crippen molar-refractivity contribution < 1.29 is 8.42 Å². The predicted molar refractivity (Wildman–Crippen MR) is 82.1 cm³/mol. The van der Waals surface area contributed by atoms with Crippen molar-refractivity contribution in [3.63, 3.8) is 0 Å². The van der Waals surface area contributed by atoms with Crippen LogP contribution in [-0.2, 0) is 16.6 Å². The van der Waals surface area contributed by atoms with Gasteiger partial charge in [-0.15, -0.1) is 0 Å². The van der Waals surface area contributed by atoms with E-state index in [0.29, 0.717) is 24.5 Å². The zero-order chi connectivity index (χ0) is 14.6. The molecule has 1 aromatic rings. The molecule has 0 spiro atoms. The van der Waals surface area contributed by atoms with Gasteiger partial charge in [0.25, 0.3) is 10.2 Å². The standard InChI is InChI=1S/C14H21ClN2O2S/c1-12-4-2-3-11-17(12)20(18,19)16-10-9-13-5-7-14(15)8-6-13/h5-8,12,16H,2-4,9-11H2,1H3/t12-/m1/s1. The Hall–Kier alpha value is -0.620. The van der Waals surface area contributed by atoms with Gasteiger partial charge in [-0.2, -0.15) is 12.7 Å². The molecule has 0 radical (unpaired) electrons. The van der Waals surface area contributed by atoms with Gasteiger partial charge in [0, 0.05) is 24.2 Å². The molecule has 1 aromatic carbocycles. The van der Waals surface area contributed by atoms with Gasteiger partial charge in [-0.3, -0.25) is 0 Å². The van der Waals surface area contributed by atoms with E-state index in [1.54, 1.807) is 4.31 Å². The number of nitrogens with zero attached hydrogens (tertiary/aromatic N) is 1. The molecule has 112 valence electrons. The van der Waals surface area contributed by atoms with E-state index in [1.165, 1.54) is 0 Å². The zero-order valence-electron chi connectivity index (χ0n) is 11.7. The van der Waals surface area contributed by atoms with Crippen LogP contribution in [0, 0.1) is 0 Å². The fraction of sp³-hybridized carbons (Fsp3) is 0.571. The van der Waals surface area contributed by atoms with E-state index in [1.807, 2.05) is 31.2 Å². The molecule has 0 aromatic heterocycles. The second-order valence-electron chi connectivity index (χ2n) is 5.23. The first-order valence-electron chi connectivity index (χ1n) is 7.00. The lowest BCUT2D eigenvalue weighted by Gasteiger charge is -2.32. The van der Waals surface area contributed by atoms with Crippen molar-refractivity contribution in [2.24, 2.45) is 0 Å². The molecule has 0 saturated carbocycles. The Balaban J connectivity index is 1.87. The van der Waals surface area contributed by atoms with Crippen molar-refractivity contribution in [2.45, 2.75) is 38.6 Å². The summed E-state index contributed by atoms with van der Waals surface area (Å²) in [7, 11) is -3.35. The molecule has 1 aliphatic heterocycles. The summed E-state index contributed by atoms with van der Waals surface area (Å²) in [6.45, 7) is 3.00. The summed E-state index contributed by atoms with van der Waals surface area (Å²) in [5.74, 6) is 0. The summed E-state index contributed by atoms with van der Waals surface area (Å²) in [6.07, 6.45) is 3.66. The van der Waals surface area contributed by atoms with E-state index in [-0.39, 0.29) is 6.04 Å². The van der Waals surface area contributed by atoms with Crippen LogP contribution in [0.1, 0.15) is 31.7 Å². The Bertz CT molecular complexity index is 531. The lowest BCUT2D eigenvalue weighted by Crippen LogP contribution is -2.48. The van der Waals surface area contributed by atoms with Crippen LogP contribution >= 0.6 is 11.6 Å². The summed E-state index contributed by atoms with van der Waals surface area (Å²) >= 11 is 5.82. The minimum atomic E-state index is -3.35. The van der Waals surface area contributed by atoms with Gasteiger partial charge in [0.15, 0.2) is 0 Å². The Labute approximate surface area is 126 Å². The van der Waals surface area contributed by atoms with Crippen LogP contribution in [0.25, 0.3) is 0 Å². The zero-order valence-corrected chi connectivity index (χ0v) is 13.3. The number of hydrogen-bond acceptors (Lipinski definition) is 2. The summed E-state index contributed by atoms with van der Waals surface area (Å²) in [5, 5.41) is 0.691. The molecule has 1 heterocycles. The first kappa shape index (κ1) is 15.8. The normalized spacial score (nSPS) is 21.0. The van der Waals surface area contributed by atoms with E-state index < -0.39 is 10.2 Å². The number of hydrogen-bond donors (Lipinski definition) is 1. The first-order valence-corrected chi connectivity index (χ1v) is 8.82. The molecule has 1 aliphatic rings. The van der Waals surface area contributed by atoms with Gasteiger partial charge >= 0.3 is 0 Å². The maximum atomic E-state index is 12.2. The fourth-order valence-electron chi connectivity index (χ4n) is 2.49. The van der Waals surface area contributed by atoms with Crippen molar-refractivity contribution in [3.05, 3.63) is 34.9 Å². The van der Waals surface area contributed by atoms with Crippen LogP contribution in [0.4, 0.5) is 0 Å². The third-order valence-corrected chi connectivity index (χ3v) is 5.64. The topological polar surface area (TPSA) is 49.4 Å². The van der Waals surface area contributed by atoms with Gasteiger partial charge in [0.1, 0.15) is 0 Å². The number of piperidine rings is 1. The molecule has 1 saturated heterocycles. The molecular formula is C14H21ClN2O2S. The fourth-order valence-corrected chi connectivity index (χ4v) is 4.09. The maximum Gasteiger partial charge on any atom is 0.279 e. The van der Waals surface area contributed by atoms with Crippen LogP contribution in [0.3, 0.4) is 0 Å². The Morgan fingerprint density at radius 3 is 2.65 bits per heavy atom. The van der Waals surface area contributed by atoms with Crippen LogP contribution in [0.5, 0.6) is 0 Å². The van der Waals surface area contributed by atoms with Gasteiger partial charge in [-0.1, -0.05) is 30.2 Å². The van der Waals surface area contributed by atoms with Crippen molar-refractivity contribution in [1.82, 2.24) is 9.03 Å². The predicted octanol–water partition coefficient (Wildman–Crippen LogP) is 2.59. The quantitative estimate of drug-likeness (QED) is 0.907. The molecule has 0 aliphatic carbocycles. The second-order valence-corrected chi connectivity index (χ2v) is 7.38. The average molecular weight is 317 g/mol. The molecule has 6 heteroatoms. The summed E-state index contributed by atoms with van der Waals surface area (Å²) in [5.41, 5.74) is 1.07. The largest absolute Gasteiger partial charge is 0.279 e. The number of halogens is 1. The van der Waals surface area contributed by atoms with Crippen LogP contribution in [0.15, 0.2) is 24.3 Å². The molecule has 20 heavy (non-hydrogen) atoms. The van der Waals surface area contributed by atoms with Crippen molar-refractivity contribution in [1.29, 1.82) is 0 Å². The Morgan fingerprint density at radius 1 is 1.30 bits per heavy atom. The summed E-state index contributed by atoms with van der Waals surface area (Å²) in [4.78, 5) is 0. The van der Waals surface area contributed by atoms with Gasteiger partial charge in [0.2, 0.25) is 0 Å². The van der Waals surface area contributed by atoms with Crippen molar-refractivity contribution in [2.75, 3.05) is 13.1 Å². The highest BCUT2D eigenvalue weighted by molar-refractivity contribution is 7.87. The molecule has 1 N–H and O–H groups in total. The summed E-state index contributed by atoms with van der Waals surface area (Å²) in [6, 6.07) is 7.56. The van der Waals surface area contributed by atoms with E-state index in [2.05, 4.69) is 4.72 Å². The van der Waals surface area contributed by atoms with Gasteiger partial charge < -0.3 is 0 Å². The van der Waals surface area contributed by atoms with Crippen LogP contribution < -0.4 is 4.72 Å². The Kier molecular flexibility index (Phi) is 5.43. The van der Waals surface area contributed by atoms with Crippen molar-refractivity contribution >= 4 is 21.8 Å². The second kappa shape index (κ2) is 6.89. The van der Waals surface area contributed by atoms with Gasteiger partial charge in [-0.05, 0) is 43.9 Å². The van der Waals surface area contributed by atoms with E-state index >= 15 is 0 Å². The average Bonchev–Trinajstić information content (AvgIpc) is 2.41. The minimum Gasteiger partial charge on any atom is -0.202 e. The van der Waals surface area contributed by atoms with Crippen LogP contribution in [0.2, 0.25) is 5.02 Å². The SMILES string of the molecule is C[C@@H]1CCCCN1S(=O)(=O)NCCc1ccc(Cl)cc1. The third-order valence-electron chi connectivity index (χ3n) is 3.66. The highest BCUT2D eigenvalue weighted by Crippen LogP contribution is 2.19. The lowest BCUT2D eigenvalue weighted by molar-refractivity contribution is 0.265. The molecule has 2 rings (SSSR count). The number of benzene rings is 1. The minimum absolute atomic E-state index is 0.0942. The molecule has 1 fully saturated rings. The van der Waals surface area contributed by atoms with E-state index in [9.17, 15) is 8.42 Å². The smallest absolute Gasteiger partial charge is 0.202 e. The Morgan fingerprint density at radius 2 is 2.00 bits per heavy atom. The number of nitrogens with one attached hydrogen (secondary N) is 1. The molecular weight excluding hydrogens is 296 g/mol. The van der Waals surface area contributed by atoms with Gasteiger partial charge in [-0.25, -0.2) is 4.72 Å². The molecule has 0 amide bonds. The van der Waals surface area contributed by atoms with Crippen molar-refractivity contribution in [3.8, 4) is 0 Å². The highest BCUT2D eigenvalue weighted by atomic mass is 35.5. The highest BCUT2D eigenvalue weighted by Gasteiger charge is 2.28. The monoisotopic (exact) mass is 316 g/mol. The molecule has 0 unspecified atom stereocenters. The van der Waals surface area contributed by atoms with Crippen LogP contribution in [-0.4, -0.2) is 31.9 Å². The lowest BCUT2D eigenvalue weighted by atomic mass is 10.1. The summed E-state index contributed by atoms with van der Waals surface area (Å²) < 4.78 is 28.7. The third kappa shape index (κ3) is 4.19. The van der Waals surface area contributed by atoms with E-state index in [4.69, 9.17) is 11.6 Å². The van der Waals surface area contributed by atoms with E-state index in [0.717, 1.165) is 24.8 Å². The first-order chi connectivity index (χ1) is 9.49. The number of rotatable bonds is 5.